The predicted octanol–water partition coefficient (Wildman–Crippen LogP) is 2.84. The number of nitrogens with one attached hydrogen (secondary N) is 1. The Morgan fingerprint density at radius 1 is 0.714 bits per heavy atom. The Morgan fingerprint density at radius 3 is 1.00 bits per heavy atom. The van der Waals surface area contributed by atoms with E-state index in [-0.39, 0.29) is 0 Å². The van der Waals surface area contributed by atoms with Crippen molar-refractivity contribution in [2.75, 3.05) is 0 Å². The fourth-order valence-electron chi connectivity index (χ4n) is 0.884. The summed E-state index contributed by atoms with van der Waals surface area (Å²) in [4.78, 5) is 0. The summed E-state index contributed by atoms with van der Waals surface area (Å²) in [6, 6.07) is 0. The van der Waals surface area contributed by atoms with Gasteiger partial charge in [-0.25, -0.2) is 0 Å². The number of rotatable bonds is 0. The zero-order valence-electron chi connectivity index (χ0n) is 4.54. The van der Waals surface area contributed by atoms with Gasteiger partial charge in [-0.1, -0.05) is 32.1 Å². The summed E-state index contributed by atoms with van der Waals surface area (Å²) >= 11 is 0. The standard InChI is InChI=1S/C5H10.H2NP/c1-2-4-5-3-1;1-2/h1-5H2;1-2H. The normalized spacial score (nSPS) is 17.7. The van der Waals surface area contributed by atoms with Gasteiger partial charge in [0.2, 0.25) is 0 Å². The van der Waals surface area contributed by atoms with Crippen LogP contribution in [0.5, 0.6) is 0 Å². The first-order valence-electron chi connectivity index (χ1n) is 2.75. The van der Waals surface area contributed by atoms with Crippen LogP contribution in [0.25, 0.3) is 0 Å². The van der Waals surface area contributed by atoms with Gasteiger partial charge in [0.05, 0.1) is 0 Å². The quantitative estimate of drug-likeness (QED) is 0.472. The fraction of sp³-hybridized carbons (Fsp3) is 1.00. The first-order chi connectivity index (χ1) is 3.50. The van der Waals surface area contributed by atoms with Gasteiger partial charge < -0.3 is 0 Å². The van der Waals surface area contributed by atoms with E-state index in [4.69, 9.17) is 5.16 Å². The molecular formula is C5H12NP. The van der Waals surface area contributed by atoms with Crippen LogP contribution >= 0.6 is 9.03 Å². The summed E-state index contributed by atoms with van der Waals surface area (Å²) in [5.74, 6) is 0. The van der Waals surface area contributed by atoms with Gasteiger partial charge in [-0.15, -0.1) is 0 Å². The van der Waals surface area contributed by atoms with Gasteiger partial charge in [0.15, 0.2) is 0 Å². The Hall–Kier alpha value is 0.100. The highest BCUT2D eigenvalue weighted by Gasteiger charge is 1.95. The minimum Gasteiger partial charge on any atom is -0.287 e. The van der Waals surface area contributed by atoms with E-state index in [1.165, 1.54) is 32.1 Å². The Kier molecular flexibility index (Phi) is 6.19. The van der Waals surface area contributed by atoms with Crippen LogP contribution in [0.15, 0.2) is 0 Å². The molecule has 0 aliphatic heterocycles. The first-order valence-corrected chi connectivity index (χ1v) is 3.25. The smallest absolute Gasteiger partial charge is 0.0185 e. The third kappa shape index (κ3) is 3.94. The van der Waals surface area contributed by atoms with Crippen molar-refractivity contribution in [2.24, 2.45) is 0 Å². The lowest BCUT2D eigenvalue weighted by atomic mass is 10.4. The maximum absolute atomic E-state index is 5.56. The van der Waals surface area contributed by atoms with Gasteiger partial charge in [-0.3, -0.25) is 5.16 Å². The largest absolute Gasteiger partial charge is 0.287 e. The fourth-order valence-corrected chi connectivity index (χ4v) is 0.884. The molecular weight excluding hydrogens is 105 g/mol. The maximum Gasteiger partial charge on any atom is -0.0185 e. The molecule has 42 valence electrons. The van der Waals surface area contributed by atoms with Crippen molar-refractivity contribution in [3.63, 3.8) is 0 Å². The van der Waals surface area contributed by atoms with E-state index in [1.807, 2.05) is 0 Å². The minimum atomic E-state index is 1.50. The molecule has 0 aromatic heterocycles. The predicted molar refractivity (Wildman–Crippen MR) is 34.1 cm³/mol. The summed E-state index contributed by atoms with van der Waals surface area (Å²) in [6.07, 6.45) is 7.50. The van der Waals surface area contributed by atoms with Crippen LogP contribution < -0.4 is 0 Å². The molecule has 0 unspecified atom stereocenters. The van der Waals surface area contributed by atoms with Crippen LogP contribution in [-0.2, 0) is 0 Å². The number of hydrogen-bond donors (Lipinski definition) is 1. The third-order valence-electron chi connectivity index (χ3n) is 1.25. The van der Waals surface area contributed by atoms with Crippen molar-refractivity contribution in [2.45, 2.75) is 32.1 Å². The van der Waals surface area contributed by atoms with Crippen molar-refractivity contribution >= 4 is 9.03 Å². The van der Waals surface area contributed by atoms with Gasteiger partial charge >= 0.3 is 0 Å². The average Bonchev–Trinajstić information content (AvgIpc) is 2.23. The molecule has 0 spiro atoms. The van der Waals surface area contributed by atoms with Crippen LogP contribution in [0.2, 0.25) is 0 Å². The molecule has 1 rings (SSSR count). The minimum absolute atomic E-state index is 1.50. The zero-order valence-corrected chi connectivity index (χ0v) is 5.54. The molecule has 0 bridgehead atoms. The molecule has 0 amide bonds. The van der Waals surface area contributed by atoms with Crippen molar-refractivity contribution < 1.29 is 0 Å². The van der Waals surface area contributed by atoms with Gasteiger partial charge in [0.1, 0.15) is 0 Å². The summed E-state index contributed by atoms with van der Waals surface area (Å²) < 4.78 is 0. The molecule has 1 aliphatic rings. The molecule has 0 aromatic rings. The monoisotopic (exact) mass is 117 g/mol. The lowest BCUT2D eigenvalue weighted by molar-refractivity contribution is 0.886. The first kappa shape index (κ1) is 7.10. The molecule has 1 nitrogen and oxygen atoms in total. The summed E-state index contributed by atoms with van der Waals surface area (Å²) in [7, 11) is 2.22. The molecule has 1 N–H and O–H groups in total. The van der Waals surface area contributed by atoms with Crippen LogP contribution in [0.4, 0.5) is 0 Å². The van der Waals surface area contributed by atoms with Gasteiger partial charge in [0.25, 0.3) is 0 Å². The van der Waals surface area contributed by atoms with Crippen LogP contribution in [0, 0.1) is 5.16 Å². The molecule has 0 heterocycles. The van der Waals surface area contributed by atoms with Gasteiger partial charge in [-0.2, -0.15) is 0 Å². The van der Waals surface area contributed by atoms with E-state index in [0.717, 1.165) is 0 Å². The van der Waals surface area contributed by atoms with Gasteiger partial charge in [-0.05, 0) is 9.03 Å². The molecule has 0 aromatic carbocycles. The Balaban J connectivity index is 0.000000162. The van der Waals surface area contributed by atoms with E-state index in [1.54, 1.807) is 0 Å². The molecule has 7 heavy (non-hydrogen) atoms. The molecule has 1 saturated carbocycles. The molecule has 1 fully saturated rings. The molecule has 0 saturated heterocycles. The Morgan fingerprint density at radius 2 is 0.857 bits per heavy atom. The molecule has 0 atom stereocenters. The summed E-state index contributed by atoms with van der Waals surface area (Å²) in [5, 5.41) is 5.56. The van der Waals surface area contributed by atoms with E-state index in [9.17, 15) is 0 Å². The van der Waals surface area contributed by atoms with Gasteiger partial charge in [0, 0.05) is 0 Å². The second-order valence-electron chi connectivity index (χ2n) is 1.77. The molecule has 2 heteroatoms. The SMILES string of the molecule is C1CCCC1.N=P. The van der Waals surface area contributed by atoms with Crippen LogP contribution in [-0.4, -0.2) is 0 Å². The Labute approximate surface area is 47.2 Å². The highest BCUT2D eigenvalue weighted by Crippen LogP contribution is 2.15. The van der Waals surface area contributed by atoms with E-state index in [0.29, 0.717) is 0 Å². The highest BCUT2D eigenvalue weighted by atomic mass is 31.0. The van der Waals surface area contributed by atoms with E-state index >= 15 is 0 Å². The molecule has 1 aliphatic carbocycles. The van der Waals surface area contributed by atoms with E-state index in [2.05, 4.69) is 9.03 Å². The Bertz CT molecular complexity index is 27.5. The van der Waals surface area contributed by atoms with Crippen molar-refractivity contribution in [1.82, 2.24) is 0 Å². The van der Waals surface area contributed by atoms with Crippen molar-refractivity contribution in [3.05, 3.63) is 0 Å². The lowest BCUT2D eigenvalue weighted by Crippen LogP contribution is -1.47. The second-order valence-corrected chi connectivity index (χ2v) is 1.77. The topological polar surface area (TPSA) is 23.9 Å². The third-order valence-corrected chi connectivity index (χ3v) is 1.25. The molecule has 0 radical (unpaired) electrons. The summed E-state index contributed by atoms with van der Waals surface area (Å²) in [6.45, 7) is 0. The summed E-state index contributed by atoms with van der Waals surface area (Å²) in [5.41, 5.74) is 0. The van der Waals surface area contributed by atoms with Crippen LogP contribution in [0.1, 0.15) is 32.1 Å². The van der Waals surface area contributed by atoms with Crippen molar-refractivity contribution in [1.29, 1.82) is 5.16 Å². The second kappa shape index (κ2) is 6.10. The highest BCUT2D eigenvalue weighted by molar-refractivity contribution is 7.02. The number of hydrogen-bond acceptors (Lipinski definition) is 1. The average molecular weight is 117 g/mol. The van der Waals surface area contributed by atoms with Crippen LogP contribution in [0.3, 0.4) is 0 Å². The lowest BCUT2D eigenvalue weighted by Gasteiger charge is -1.67. The van der Waals surface area contributed by atoms with Crippen molar-refractivity contribution in [3.8, 4) is 0 Å². The zero-order chi connectivity index (χ0) is 5.54. The maximum atomic E-state index is 5.56. The van der Waals surface area contributed by atoms with E-state index < -0.39 is 0 Å².